The van der Waals surface area contributed by atoms with Gasteiger partial charge in [-0.3, -0.25) is 10.1 Å². The second-order valence-electron chi connectivity index (χ2n) is 3.88. The molecule has 0 aliphatic rings. The number of likely N-dealkylation sites (N-methyl/N-ethyl adjacent to an activating group) is 1. The van der Waals surface area contributed by atoms with Crippen LogP contribution in [0.3, 0.4) is 0 Å². The van der Waals surface area contributed by atoms with Gasteiger partial charge in [0.1, 0.15) is 0 Å². The average Bonchev–Trinajstić information content (AvgIpc) is 2.37. The Morgan fingerprint density at radius 3 is 2.74 bits per heavy atom. The molecule has 0 radical (unpaired) electrons. The number of benzene rings is 1. The lowest BCUT2D eigenvalue weighted by Crippen LogP contribution is -2.24. The molecule has 0 saturated heterocycles. The van der Waals surface area contributed by atoms with Gasteiger partial charge in [0.05, 0.1) is 22.8 Å². The molecule has 0 aromatic heterocycles. The molecule has 0 unspecified atom stereocenters. The third kappa shape index (κ3) is 3.92. The maximum atomic E-state index is 11.1. The minimum atomic E-state index is -1.12. The summed E-state index contributed by atoms with van der Waals surface area (Å²) in [4.78, 5) is 22.9. The van der Waals surface area contributed by atoms with Gasteiger partial charge >= 0.3 is 5.97 Å². The van der Waals surface area contributed by atoms with E-state index in [9.17, 15) is 14.9 Å². The normalized spacial score (nSPS) is 10.2. The Hall–Kier alpha value is -2.15. The summed E-state index contributed by atoms with van der Waals surface area (Å²) < 4.78 is 5.18. The molecule has 0 fully saturated rings. The molecule has 1 rings (SSSR count). The summed E-state index contributed by atoms with van der Waals surface area (Å²) in [6.45, 7) is 3.30. The maximum absolute atomic E-state index is 11.1. The molecule has 0 aliphatic carbocycles. The van der Waals surface area contributed by atoms with Crippen LogP contribution < -0.4 is 4.90 Å². The van der Waals surface area contributed by atoms with E-state index in [1.165, 1.54) is 18.2 Å². The monoisotopic (exact) mass is 268 g/mol. The van der Waals surface area contributed by atoms with Gasteiger partial charge in [-0.25, -0.2) is 4.79 Å². The highest BCUT2D eigenvalue weighted by molar-refractivity contribution is 5.95. The van der Waals surface area contributed by atoms with Crippen LogP contribution in [-0.4, -0.2) is 42.8 Å². The summed E-state index contributed by atoms with van der Waals surface area (Å²) in [5.74, 6) is -1.12. The lowest BCUT2D eigenvalue weighted by Gasteiger charge is -2.20. The van der Waals surface area contributed by atoms with Crippen molar-refractivity contribution < 1.29 is 19.6 Å². The molecule has 7 nitrogen and oxygen atoms in total. The van der Waals surface area contributed by atoms with Gasteiger partial charge in [-0.15, -0.1) is 0 Å². The SMILES string of the molecule is CCOCCN(C)c1cc([N+](=O)[O-])ccc1C(=O)O. The Bertz CT molecular complexity index is 475. The molecular formula is C12H16N2O5. The van der Waals surface area contributed by atoms with E-state index in [1.54, 1.807) is 11.9 Å². The third-order valence-corrected chi connectivity index (χ3v) is 2.61. The number of ether oxygens (including phenoxy) is 1. The number of nitro groups is 1. The highest BCUT2D eigenvalue weighted by Gasteiger charge is 2.17. The predicted octanol–water partition coefficient (Wildman–Crippen LogP) is 1.77. The van der Waals surface area contributed by atoms with Crippen molar-refractivity contribution >= 4 is 17.3 Å². The zero-order chi connectivity index (χ0) is 14.4. The molecule has 1 aromatic rings. The summed E-state index contributed by atoms with van der Waals surface area (Å²) in [6.07, 6.45) is 0. The molecule has 0 bridgehead atoms. The fourth-order valence-electron chi connectivity index (χ4n) is 1.60. The number of rotatable bonds is 7. The van der Waals surface area contributed by atoms with Crippen molar-refractivity contribution in [2.45, 2.75) is 6.92 Å². The van der Waals surface area contributed by atoms with Gasteiger partial charge in [0.15, 0.2) is 0 Å². The van der Waals surface area contributed by atoms with Gasteiger partial charge in [0, 0.05) is 32.3 Å². The van der Waals surface area contributed by atoms with E-state index in [0.29, 0.717) is 25.4 Å². The minimum Gasteiger partial charge on any atom is -0.478 e. The largest absolute Gasteiger partial charge is 0.478 e. The smallest absolute Gasteiger partial charge is 0.337 e. The Morgan fingerprint density at radius 2 is 2.21 bits per heavy atom. The standard InChI is InChI=1S/C12H16N2O5/c1-3-19-7-6-13(2)11-8-9(14(17)18)4-5-10(11)12(15)16/h4-5,8H,3,6-7H2,1-2H3,(H,15,16). The molecule has 0 saturated carbocycles. The number of non-ortho nitro benzene ring substituents is 1. The number of carboxylic acid groups (broad SMARTS) is 1. The van der Waals surface area contributed by atoms with Crippen LogP contribution in [0.25, 0.3) is 0 Å². The summed E-state index contributed by atoms with van der Waals surface area (Å²) in [5.41, 5.74) is 0.203. The fourth-order valence-corrected chi connectivity index (χ4v) is 1.60. The molecule has 0 amide bonds. The maximum Gasteiger partial charge on any atom is 0.337 e. The van der Waals surface area contributed by atoms with Crippen molar-refractivity contribution in [1.82, 2.24) is 0 Å². The van der Waals surface area contributed by atoms with Gasteiger partial charge in [-0.05, 0) is 13.0 Å². The topological polar surface area (TPSA) is 92.9 Å². The second-order valence-corrected chi connectivity index (χ2v) is 3.88. The number of nitrogens with zero attached hydrogens (tertiary/aromatic N) is 2. The van der Waals surface area contributed by atoms with Crippen molar-refractivity contribution in [3.05, 3.63) is 33.9 Å². The van der Waals surface area contributed by atoms with E-state index in [4.69, 9.17) is 9.84 Å². The van der Waals surface area contributed by atoms with Gasteiger partial charge in [-0.1, -0.05) is 0 Å². The van der Waals surface area contributed by atoms with E-state index >= 15 is 0 Å². The molecule has 0 heterocycles. The van der Waals surface area contributed by atoms with Crippen LogP contribution in [0, 0.1) is 10.1 Å². The quantitative estimate of drug-likeness (QED) is 0.460. The number of carbonyl (C=O) groups is 1. The summed E-state index contributed by atoms with van der Waals surface area (Å²) in [6, 6.07) is 3.69. The average molecular weight is 268 g/mol. The van der Waals surface area contributed by atoms with E-state index in [-0.39, 0.29) is 11.3 Å². The van der Waals surface area contributed by atoms with Crippen molar-refractivity contribution in [3.63, 3.8) is 0 Å². The van der Waals surface area contributed by atoms with Gasteiger partial charge in [-0.2, -0.15) is 0 Å². The number of aromatic carboxylic acids is 1. The molecule has 0 aliphatic heterocycles. The molecule has 0 atom stereocenters. The van der Waals surface area contributed by atoms with E-state index in [2.05, 4.69) is 0 Å². The number of carboxylic acids is 1. The van der Waals surface area contributed by atoms with Crippen LogP contribution in [0.5, 0.6) is 0 Å². The van der Waals surface area contributed by atoms with Crippen LogP contribution in [0.1, 0.15) is 17.3 Å². The number of anilines is 1. The van der Waals surface area contributed by atoms with Crippen molar-refractivity contribution in [3.8, 4) is 0 Å². The molecule has 7 heteroatoms. The Balaban J connectivity index is 3.02. The Morgan fingerprint density at radius 1 is 1.53 bits per heavy atom. The Labute approximate surface area is 110 Å². The van der Waals surface area contributed by atoms with Crippen LogP contribution in [0.2, 0.25) is 0 Å². The first-order chi connectivity index (χ1) is 8.97. The predicted molar refractivity (Wildman–Crippen MR) is 69.8 cm³/mol. The van der Waals surface area contributed by atoms with Crippen LogP contribution >= 0.6 is 0 Å². The number of nitro benzene ring substituents is 1. The summed E-state index contributed by atoms with van der Waals surface area (Å²) in [5, 5.41) is 19.8. The van der Waals surface area contributed by atoms with Crippen LogP contribution in [-0.2, 0) is 4.74 Å². The molecule has 19 heavy (non-hydrogen) atoms. The van der Waals surface area contributed by atoms with Gasteiger partial charge in [0.25, 0.3) is 5.69 Å². The molecule has 1 N–H and O–H groups in total. The number of hydrogen-bond acceptors (Lipinski definition) is 5. The lowest BCUT2D eigenvalue weighted by molar-refractivity contribution is -0.384. The zero-order valence-electron chi connectivity index (χ0n) is 10.8. The summed E-state index contributed by atoms with van der Waals surface area (Å²) in [7, 11) is 1.67. The first-order valence-electron chi connectivity index (χ1n) is 5.78. The zero-order valence-corrected chi connectivity index (χ0v) is 10.8. The lowest BCUT2D eigenvalue weighted by atomic mass is 10.1. The Kier molecular flexibility index (Phi) is 5.25. The van der Waals surface area contributed by atoms with Crippen molar-refractivity contribution in [1.29, 1.82) is 0 Å². The molecule has 1 aromatic carbocycles. The number of hydrogen-bond donors (Lipinski definition) is 1. The van der Waals surface area contributed by atoms with Crippen LogP contribution in [0.4, 0.5) is 11.4 Å². The van der Waals surface area contributed by atoms with Gasteiger partial charge < -0.3 is 14.7 Å². The highest BCUT2D eigenvalue weighted by atomic mass is 16.6. The van der Waals surface area contributed by atoms with E-state index in [0.717, 1.165) is 0 Å². The van der Waals surface area contributed by atoms with E-state index in [1.807, 2.05) is 6.92 Å². The molecule has 0 spiro atoms. The van der Waals surface area contributed by atoms with E-state index < -0.39 is 10.9 Å². The first-order valence-corrected chi connectivity index (χ1v) is 5.78. The molecule has 104 valence electrons. The third-order valence-electron chi connectivity index (χ3n) is 2.61. The first kappa shape index (κ1) is 14.9. The minimum absolute atomic E-state index is 0.0320. The van der Waals surface area contributed by atoms with Crippen LogP contribution in [0.15, 0.2) is 18.2 Å². The van der Waals surface area contributed by atoms with Crippen molar-refractivity contribution in [2.75, 3.05) is 31.7 Å². The second kappa shape index (κ2) is 6.69. The van der Waals surface area contributed by atoms with Crippen molar-refractivity contribution in [2.24, 2.45) is 0 Å². The summed E-state index contributed by atoms with van der Waals surface area (Å²) >= 11 is 0. The fraction of sp³-hybridized carbons (Fsp3) is 0.417. The molecular weight excluding hydrogens is 252 g/mol. The highest BCUT2D eigenvalue weighted by Crippen LogP contribution is 2.25. The van der Waals surface area contributed by atoms with Gasteiger partial charge in [0.2, 0.25) is 0 Å².